The summed E-state index contributed by atoms with van der Waals surface area (Å²) >= 11 is 0. The molecule has 3 aromatic rings. The highest BCUT2D eigenvalue weighted by Gasteiger charge is 2.21. The van der Waals surface area contributed by atoms with Crippen LogP contribution in [-0.4, -0.2) is 31.7 Å². The number of hydrogen-bond acceptors (Lipinski definition) is 3. The molecule has 0 fully saturated rings. The van der Waals surface area contributed by atoms with Crippen molar-refractivity contribution in [2.75, 3.05) is 0 Å². The molecule has 23 heavy (non-hydrogen) atoms. The van der Waals surface area contributed by atoms with Crippen molar-refractivity contribution >= 4 is 23.0 Å². The third-order valence-corrected chi connectivity index (χ3v) is 3.56. The van der Waals surface area contributed by atoms with Crippen LogP contribution >= 0.6 is 0 Å². The Hall–Kier alpha value is -3.35. The molecule has 3 N–H and O–H groups in total. The summed E-state index contributed by atoms with van der Waals surface area (Å²) in [4.78, 5) is 37.5. The number of fused-ring (bicyclic) bond motifs is 1. The van der Waals surface area contributed by atoms with E-state index in [4.69, 9.17) is 5.11 Å². The van der Waals surface area contributed by atoms with E-state index in [1.165, 1.54) is 6.20 Å². The third-order valence-electron chi connectivity index (χ3n) is 3.56. The van der Waals surface area contributed by atoms with Gasteiger partial charge in [0.2, 0.25) is 5.43 Å². The van der Waals surface area contributed by atoms with Gasteiger partial charge in [-0.15, -0.1) is 0 Å². The minimum atomic E-state index is -1.40. The summed E-state index contributed by atoms with van der Waals surface area (Å²) in [6.07, 6.45) is 2.42. The second kappa shape index (κ2) is 5.45. The second-order valence-corrected chi connectivity index (χ2v) is 5.02. The zero-order valence-corrected chi connectivity index (χ0v) is 11.8. The van der Waals surface area contributed by atoms with Crippen molar-refractivity contribution in [1.82, 2.24) is 9.55 Å². The maximum Gasteiger partial charge on any atom is 0.341 e. The smallest absolute Gasteiger partial charge is 0.341 e. The molecule has 0 aliphatic rings. The molecule has 7 nitrogen and oxygen atoms in total. The predicted octanol–water partition coefficient (Wildman–Crippen LogP) is 1.77. The Morgan fingerprint density at radius 3 is 2.30 bits per heavy atom. The number of nitrogens with zero attached hydrogens (tertiary/aromatic N) is 1. The number of carboxylic acid groups (broad SMARTS) is 2. The maximum atomic E-state index is 12.3. The largest absolute Gasteiger partial charge is 0.478 e. The first-order valence-electron chi connectivity index (χ1n) is 6.74. The summed E-state index contributed by atoms with van der Waals surface area (Å²) in [5, 5.41) is 18.2. The third kappa shape index (κ3) is 2.48. The molecule has 0 saturated heterocycles. The average molecular weight is 312 g/mol. The van der Waals surface area contributed by atoms with Crippen LogP contribution in [0.25, 0.3) is 11.0 Å². The number of pyridine rings is 1. The van der Waals surface area contributed by atoms with Crippen LogP contribution in [-0.2, 0) is 6.54 Å². The number of nitrogens with one attached hydrogen (secondary N) is 1. The van der Waals surface area contributed by atoms with Gasteiger partial charge >= 0.3 is 11.9 Å². The van der Waals surface area contributed by atoms with Gasteiger partial charge in [0, 0.05) is 18.9 Å². The molecule has 0 aliphatic carbocycles. The number of benzene rings is 1. The molecule has 0 spiro atoms. The lowest BCUT2D eigenvalue weighted by Gasteiger charge is -2.05. The van der Waals surface area contributed by atoms with Crippen molar-refractivity contribution in [2.24, 2.45) is 0 Å². The molecule has 2 heterocycles. The van der Waals surface area contributed by atoms with Crippen molar-refractivity contribution in [2.45, 2.75) is 6.54 Å². The molecule has 0 aliphatic heterocycles. The van der Waals surface area contributed by atoms with E-state index in [2.05, 4.69) is 4.98 Å². The molecular formula is C16H12N2O5. The van der Waals surface area contributed by atoms with E-state index in [0.717, 1.165) is 11.8 Å². The minimum absolute atomic E-state index is 0.131. The number of hydrogen-bond donors (Lipinski definition) is 3. The molecule has 0 bridgehead atoms. The van der Waals surface area contributed by atoms with Gasteiger partial charge in [-0.2, -0.15) is 0 Å². The van der Waals surface area contributed by atoms with Crippen molar-refractivity contribution in [3.63, 3.8) is 0 Å². The summed E-state index contributed by atoms with van der Waals surface area (Å²) in [6, 6.07) is 9.31. The Labute approximate surface area is 129 Å². The lowest BCUT2D eigenvalue weighted by Crippen LogP contribution is -2.16. The number of aromatic amines is 1. The predicted molar refractivity (Wildman–Crippen MR) is 82.0 cm³/mol. The minimum Gasteiger partial charge on any atom is -0.478 e. The summed E-state index contributed by atoms with van der Waals surface area (Å²) in [5.74, 6) is -2.69. The Balaban J connectivity index is 2.25. The highest BCUT2D eigenvalue weighted by atomic mass is 16.4. The monoisotopic (exact) mass is 312 g/mol. The van der Waals surface area contributed by atoms with E-state index in [0.29, 0.717) is 6.54 Å². The Kier molecular flexibility index (Phi) is 3.46. The molecule has 0 saturated carbocycles. The lowest BCUT2D eigenvalue weighted by molar-refractivity contribution is 0.0684. The average Bonchev–Trinajstić information content (AvgIpc) is 2.88. The lowest BCUT2D eigenvalue weighted by atomic mass is 10.1. The van der Waals surface area contributed by atoms with Crippen LogP contribution in [0.4, 0.5) is 0 Å². The highest BCUT2D eigenvalue weighted by molar-refractivity contribution is 6.04. The van der Waals surface area contributed by atoms with Gasteiger partial charge in [-0.25, -0.2) is 9.59 Å². The van der Waals surface area contributed by atoms with Gasteiger partial charge in [-0.3, -0.25) is 4.79 Å². The fourth-order valence-electron chi connectivity index (χ4n) is 2.51. The van der Waals surface area contributed by atoms with Gasteiger partial charge in [0.25, 0.3) is 0 Å². The Morgan fingerprint density at radius 2 is 1.70 bits per heavy atom. The number of aromatic carboxylic acids is 2. The van der Waals surface area contributed by atoms with Gasteiger partial charge < -0.3 is 19.8 Å². The zero-order valence-electron chi connectivity index (χ0n) is 11.8. The van der Waals surface area contributed by atoms with Crippen LogP contribution in [0.15, 0.2) is 47.5 Å². The second-order valence-electron chi connectivity index (χ2n) is 5.02. The molecule has 7 heteroatoms. The van der Waals surface area contributed by atoms with Crippen LogP contribution in [0.3, 0.4) is 0 Å². The first-order chi connectivity index (χ1) is 11.0. The number of H-pyrrole nitrogens is 1. The number of carboxylic acids is 2. The van der Waals surface area contributed by atoms with Gasteiger partial charge in [0.05, 0.1) is 10.9 Å². The van der Waals surface area contributed by atoms with Crippen molar-refractivity contribution in [3.05, 3.63) is 69.6 Å². The van der Waals surface area contributed by atoms with E-state index in [1.54, 1.807) is 4.57 Å². The van der Waals surface area contributed by atoms with Gasteiger partial charge in [-0.05, 0) is 5.56 Å². The SMILES string of the molecule is O=C(O)c1c[nH]c2c(c(C(=O)O)cn2Cc2ccccc2)c1=O. The van der Waals surface area contributed by atoms with E-state index >= 15 is 0 Å². The number of aromatic nitrogens is 2. The fraction of sp³-hybridized carbons (Fsp3) is 0.0625. The molecule has 0 atom stereocenters. The normalized spacial score (nSPS) is 10.8. The molecule has 3 rings (SSSR count). The van der Waals surface area contributed by atoms with Crippen molar-refractivity contribution < 1.29 is 19.8 Å². The highest BCUT2D eigenvalue weighted by Crippen LogP contribution is 2.18. The van der Waals surface area contributed by atoms with Crippen LogP contribution in [0, 0.1) is 0 Å². The van der Waals surface area contributed by atoms with Crippen molar-refractivity contribution in [1.29, 1.82) is 0 Å². The molecule has 0 unspecified atom stereocenters. The maximum absolute atomic E-state index is 12.3. The van der Waals surface area contributed by atoms with E-state index in [-0.39, 0.29) is 16.6 Å². The van der Waals surface area contributed by atoms with E-state index in [1.807, 2.05) is 30.3 Å². The van der Waals surface area contributed by atoms with Gasteiger partial charge in [0.1, 0.15) is 11.2 Å². The first-order valence-corrected chi connectivity index (χ1v) is 6.74. The molecular weight excluding hydrogens is 300 g/mol. The zero-order chi connectivity index (χ0) is 16.6. The Morgan fingerprint density at radius 1 is 1.04 bits per heavy atom. The number of carbonyl (C=O) groups is 2. The Bertz CT molecular complexity index is 969. The standard InChI is InChI=1S/C16H12N2O5/c19-13-10(15(20)21)6-17-14-12(13)11(16(22)23)8-18(14)7-9-4-2-1-3-5-9/h1-6,8H,7H2,(H,17,19)(H,20,21)(H,22,23). The van der Waals surface area contributed by atoms with Crippen LogP contribution < -0.4 is 5.43 Å². The van der Waals surface area contributed by atoms with Crippen molar-refractivity contribution in [3.8, 4) is 0 Å². The summed E-state index contributed by atoms with van der Waals surface area (Å²) in [5.41, 5.74) is -0.320. The topological polar surface area (TPSA) is 112 Å². The van der Waals surface area contributed by atoms with E-state index < -0.39 is 22.9 Å². The van der Waals surface area contributed by atoms with E-state index in [9.17, 15) is 19.5 Å². The van der Waals surface area contributed by atoms with Gasteiger partial charge in [-0.1, -0.05) is 30.3 Å². The molecule has 1 aromatic carbocycles. The van der Waals surface area contributed by atoms with Crippen LogP contribution in [0.1, 0.15) is 26.3 Å². The van der Waals surface area contributed by atoms with Crippen LogP contribution in [0.2, 0.25) is 0 Å². The molecule has 116 valence electrons. The first kappa shape index (κ1) is 14.6. The summed E-state index contributed by atoms with van der Waals surface area (Å²) in [7, 11) is 0. The molecule has 0 radical (unpaired) electrons. The fourth-order valence-corrected chi connectivity index (χ4v) is 2.51. The quantitative estimate of drug-likeness (QED) is 0.679. The van der Waals surface area contributed by atoms with Crippen LogP contribution in [0.5, 0.6) is 0 Å². The summed E-state index contributed by atoms with van der Waals surface area (Å²) in [6.45, 7) is 0.354. The number of rotatable bonds is 4. The molecule has 0 amide bonds. The van der Waals surface area contributed by atoms with Gasteiger partial charge in [0.15, 0.2) is 0 Å². The summed E-state index contributed by atoms with van der Waals surface area (Å²) < 4.78 is 1.58. The molecule has 2 aromatic heterocycles.